The van der Waals surface area contributed by atoms with Crippen molar-refractivity contribution in [2.75, 3.05) is 7.11 Å². The number of hydrogen-bond donors (Lipinski definition) is 1. The molecule has 1 N–H and O–H groups in total. The van der Waals surface area contributed by atoms with Gasteiger partial charge in [0, 0.05) is 17.7 Å². The van der Waals surface area contributed by atoms with Crippen molar-refractivity contribution in [1.82, 2.24) is 5.43 Å². The first-order chi connectivity index (χ1) is 16.9. The number of fused-ring (bicyclic) bond motifs is 1. The Bertz CT molecular complexity index is 1420. The van der Waals surface area contributed by atoms with Gasteiger partial charge in [-0.1, -0.05) is 30.3 Å². The molecule has 4 rings (SSSR count). The molecule has 0 saturated carbocycles. The van der Waals surface area contributed by atoms with Crippen molar-refractivity contribution in [3.63, 3.8) is 0 Å². The van der Waals surface area contributed by atoms with E-state index in [1.54, 1.807) is 30.3 Å². The van der Waals surface area contributed by atoms with Crippen LogP contribution in [0.15, 0.2) is 88.4 Å². The zero-order chi connectivity index (χ0) is 24.8. The molecule has 0 saturated heterocycles. The molecule has 9 heteroatoms. The van der Waals surface area contributed by atoms with Crippen LogP contribution in [0.1, 0.15) is 21.5 Å². The van der Waals surface area contributed by atoms with Crippen LogP contribution >= 0.6 is 15.9 Å². The van der Waals surface area contributed by atoms with E-state index < -0.39 is 4.92 Å². The van der Waals surface area contributed by atoms with Crippen LogP contribution in [0.3, 0.4) is 0 Å². The van der Waals surface area contributed by atoms with Crippen LogP contribution in [0.25, 0.3) is 10.8 Å². The summed E-state index contributed by atoms with van der Waals surface area (Å²) in [4.78, 5) is 22.8. The van der Waals surface area contributed by atoms with Gasteiger partial charge in [0.25, 0.3) is 11.6 Å². The second-order valence-corrected chi connectivity index (χ2v) is 8.36. The summed E-state index contributed by atoms with van der Waals surface area (Å²) in [6, 6.07) is 22.9. The molecule has 0 aliphatic heterocycles. The minimum absolute atomic E-state index is 0.0175. The second-order valence-electron chi connectivity index (χ2n) is 7.51. The minimum atomic E-state index is -0.450. The molecule has 8 nitrogen and oxygen atoms in total. The highest BCUT2D eigenvalue weighted by molar-refractivity contribution is 9.10. The topological polar surface area (TPSA) is 103 Å². The van der Waals surface area contributed by atoms with Crippen molar-refractivity contribution in [2.45, 2.75) is 6.61 Å². The van der Waals surface area contributed by atoms with Gasteiger partial charge < -0.3 is 9.47 Å². The van der Waals surface area contributed by atoms with Crippen LogP contribution in [0.4, 0.5) is 5.69 Å². The number of nitro benzene ring substituents is 1. The Hall–Kier alpha value is -4.24. The molecule has 4 aromatic carbocycles. The summed E-state index contributed by atoms with van der Waals surface area (Å²) in [5, 5.41) is 16.9. The molecule has 0 atom stereocenters. The number of nitrogens with one attached hydrogen (secondary N) is 1. The van der Waals surface area contributed by atoms with Crippen molar-refractivity contribution in [2.24, 2.45) is 5.10 Å². The predicted octanol–water partition coefficient (Wildman–Crippen LogP) is 5.86. The Morgan fingerprint density at radius 1 is 1.06 bits per heavy atom. The van der Waals surface area contributed by atoms with Crippen LogP contribution in [-0.2, 0) is 6.61 Å². The summed E-state index contributed by atoms with van der Waals surface area (Å²) >= 11 is 3.48. The molecule has 35 heavy (non-hydrogen) atoms. The van der Waals surface area contributed by atoms with Gasteiger partial charge in [0.1, 0.15) is 6.61 Å². The quantitative estimate of drug-likeness (QED) is 0.173. The van der Waals surface area contributed by atoms with E-state index in [0.29, 0.717) is 27.1 Å². The Balaban J connectivity index is 1.42. The van der Waals surface area contributed by atoms with Crippen LogP contribution in [0, 0.1) is 10.1 Å². The lowest BCUT2D eigenvalue weighted by Crippen LogP contribution is -2.17. The number of carbonyl (C=O) groups is 1. The van der Waals surface area contributed by atoms with Crippen molar-refractivity contribution in [3.8, 4) is 11.5 Å². The third-order valence-electron chi connectivity index (χ3n) is 5.17. The number of methoxy groups -OCH3 is 1. The highest BCUT2D eigenvalue weighted by Crippen LogP contribution is 2.37. The van der Waals surface area contributed by atoms with E-state index in [9.17, 15) is 14.9 Å². The average molecular weight is 534 g/mol. The highest BCUT2D eigenvalue weighted by atomic mass is 79.9. The molecule has 4 aromatic rings. The molecule has 0 radical (unpaired) electrons. The fourth-order valence-electron chi connectivity index (χ4n) is 3.38. The number of nitro groups is 1. The number of amides is 1. The highest BCUT2D eigenvalue weighted by Gasteiger charge is 2.13. The number of non-ortho nitro benzene ring substituents is 1. The zero-order valence-corrected chi connectivity index (χ0v) is 20.2. The summed E-state index contributed by atoms with van der Waals surface area (Å²) in [6.07, 6.45) is 1.51. The molecule has 0 bridgehead atoms. The normalized spacial score (nSPS) is 10.9. The largest absolute Gasteiger partial charge is 0.493 e. The first kappa shape index (κ1) is 23.9. The number of hydrogen-bond acceptors (Lipinski definition) is 6. The fraction of sp³-hybridized carbons (Fsp3) is 0.0769. The number of hydrazone groups is 1. The number of carbonyl (C=O) groups excluding carboxylic acids is 1. The first-order valence-corrected chi connectivity index (χ1v) is 11.3. The number of nitrogens with zero attached hydrogens (tertiary/aromatic N) is 2. The Kier molecular flexibility index (Phi) is 7.37. The van der Waals surface area contributed by atoms with Gasteiger partial charge >= 0.3 is 0 Å². The summed E-state index contributed by atoms with van der Waals surface area (Å²) in [5.74, 6) is 0.618. The van der Waals surface area contributed by atoms with Crippen molar-refractivity contribution in [1.29, 1.82) is 0 Å². The lowest BCUT2D eigenvalue weighted by Gasteiger charge is -2.13. The number of benzene rings is 4. The average Bonchev–Trinajstić information content (AvgIpc) is 2.87. The van der Waals surface area contributed by atoms with E-state index in [1.807, 2.05) is 36.4 Å². The number of halogens is 1. The lowest BCUT2D eigenvalue weighted by atomic mass is 10.1. The summed E-state index contributed by atoms with van der Waals surface area (Å²) in [5.41, 5.74) is 4.51. The molecule has 176 valence electrons. The molecule has 0 aliphatic rings. The zero-order valence-electron chi connectivity index (χ0n) is 18.6. The molecule has 0 unspecified atom stereocenters. The summed E-state index contributed by atoms with van der Waals surface area (Å²) < 4.78 is 12.0. The van der Waals surface area contributed by atoms with Crippen molar-refractivity contribution >= 4 is 44.5 Å². The molecular weight excluding hydrogens is 514 g/mol. The van der Waals surface area contributed by atoms with E-state index in [-0.39, 0.29) is 18.2 Å². The lowest BCUT2D eigenvalue weighted by molar-refractivity contribution is -0.384. The van der Waals surface area contributed by atoms with E-state index in [4.69, 9.17) is 9.47 Å². The Labute approximate surface area is 209 Å². The summed E-state index contributed by atoms with van der Waals surface area (Å²) in [6.45, 7) is 0.197. The van der Waals surface area contributed by atoms with E-state index in [1.165, 1.54) is 25.5 Å². The standard InChI is InChI=1S/C26H20BrN3O5/c1-34-24-13-18(12-23(27)25(24)35-16-17-6-10-22(11-7-17)30(32)33)15-28-29-26(31)21-9-8-19-4-2-3-5-20(19)14-21/h2-15H,16H2,1H3,(H,29,31)/b28-15-. The van der Waals surface area contributed by atoms with E-state index in [0.717, 1.165) is 16.3 Å². The molecule has 0 aliphatic carbocycles. The first-order valence-electron chi connectivity index (χ1n) is 10.5. The van der Waals surface area contributed by atoms with Crippen LogP contribution in [-0.4, -0.2) is 24.2 Å². The van der Waals surface area contributed by atoms with Crippen molar-refractivity contribution in [3.05, 3.63) is 110 Å². The van der Waals surface area contributed by atoms with Crippen LogP contribution < -0.4 is 14.9 Å². The van der Waals surface area contributed by atoms with Crippen LogP contribution in [0.2, 0.25) is 0 Å². The monoisotopic (exact) mass is 533 g/mol. The maximum atomic E-state index is 12.5. The van der Waals surface area contributed by atoms with Gasteiger partial charge in [0.15, 0.2) is 11.5 Å². The van der Waals surface area contributed by atoms with E-state index in [2.05, 4.69) is 26.5 Å². The third-order valence-corrected chi connectivity index (χ3v) is 5.76. The Morgan fingerprint density at radius 3 is 2.51 bits per heavy atom. The third kappa shape index (κ3) is 5.82. The predicted molar refractivity (Wildman–Crippen MR) is 137 cm³/mol. The van der Waals surface area contributed by atoms with Crippen molar-refractivity contribution < 1.29 is 19.2 Å². The van der Waals surface area contributed by atoms with Gasteiger partial charge in [-0.05, 0) is 74.2 Å². The molecule has 0 heterocycles. The van der Waals surface area contributed by atoms with Gasteiger partial charge in [-0.3, -0.25) is 14.9 Å². The summed E-state index contributed by atoms with van der Waals surface area (Å²) in [7, 11) is 1.52. The van der Waals surface area contributed by atoms with Gasteiger partial charge in [0.05, 0.1) is 22.7 Å². The smallest absolute Gasteiger partial charge is 0.271 e. The SMILES string of the molecule is COc1cc(/C=N\NC(=O)c2ccc3ccccc3c2)cc(Br)c1OCc1ccc([N+](=O)[O-])cc1. The minimum Gasteiger partial charge on any atom is -0.493 e. The van der Waals surface area contributed by atoms with Gasteiger partial charge in [-0.15, -0.1) is 0 Å². The molecule has 0 aromatic heterocycles. The number of rotatable bonds is 8. The molecule has 0 fully saturated rings. The van der Waals surface area contributed by atoms with Gasteiger partial charge in [-0.25, -0.2) is 5.43 Å². The maximum absolute atomic E-state index is 12.5. The van der Waals surface area contributed by atoms with Crippen LogP contribution in [0.5, 0.6) is 11.5 Å². The molecule has 0 spiro atoms. The Morgan fingerprint density at radius 2 is 1.80 bits per heavy atom. The fourth-order valence-corrected chi connectivity index (χ4v) is 3.96. The maximum Gasteiger partial charge on any atom is 0.271 e. The van der Waals surface area contributed by atoms with E-state index >= 15 is 0 Å². The second kappa shape index (κ2) is 10.8. The van der Waals surface area contributed by atoms with Gasteiger partial charge in [0.2, 0.25) is 0 Å². The van der Waals surface area contributed by atoms with Gasteiger partial charge in [-0.2, -0.15) is 5.10 Å². The molecule has 1 amide bonds. The molecular formula is C26H20BrN3O5. The number of ether oxygens (including phenoxy) is 2.